The summed E-state index contributed by atoms with van der Waals surface area (Å²) < 4.78 is 42.8. The van der Waals surface area contributed by atoms with Crippen LogP contribution in [0.4, 0.5) is 13.2 Å². The van der Waals surface area contributed by atoms with E-state index in [-0.39, 0.29) is 0 Å². The summed E-state index contributed by atoms with van der Waals surface area (Å²) in [5.74, 6) is 1.46. The van der Waals surface area contributed by atoms with Gasteiger partial charge in [-0.1, -0.05) is 17.3 Å². The molecule has 0 radical (unpaired) electrons. The fourth-order valence-electron chi connectivity index (χ4n) is 2.57. The van der Waals surface area contributed by atoms with Gasteiger partial charge in [-0.15, -0.1) is 0 Å². The zero-order chi connectivity index (χ0) is 19.2. The quantitative estimate of drug-likeness (QED) is 0.607. The monoisotopic (exact) mass is 368 g/mol. The molecule has 0 amide bonds. The molecule has 0 saturated heterocycles. The fourth-order valence-corrected chi connectivity index (χ4v) is 2.57. The number of aromatic nitrogens is 1. The van der Waals surface area contributed by atoms with Crippen molar-refractivity contribution in [2.45, 2.75) is 32.9 Å². The van der Waals surface area contributed by atoms with Crippen molar-refractivity contribution in [1.82, 2.24) is 15.8 Å². The molecule has 8 heteroatoms. The molecule has 1 aromatic carbocycles. The van der Waals surface area contributed by atoms with E-state index >= 15 is 0 Å². The van der Waals surface area contributed by atoms with Crippen LogP contribution >= 0.6 is 0 Å². The first-order chi connectivity index (χ1) is 12.3. The molecule has 0 saturated carbocycles. The summed E-state index contributed by atoms with van der Waals surface area (Å²) in [6.07, 6.45) is -2.94. The van der Waals surface area contributed by atoms with Crippen LogP contribution in [0.25, 0.3) is 0 Å². The lowest BCUT2D eigenvalue weighted by Gasteiger charge is -2.12. The minimum absolute atomic E-state index is 0.566. The fraction of sp³-hybridized carbons (Fsp3) is 0.444. The first-order valence-electron chi connectivity index (χ1n) is 8.33. The van der Waals surface area contributed by atoms with Crippen LogP contribution in [0.15, 0.2) is 33.8 Å². The maximum Gasteiger partial charge on any atom is 0.416 e. The van der Waals surface area contributed by atoms with Gasteiger partial charge in [0.25, 0.3) is 0 Å². The zero-order valence-electron chi connectivity index (χ0n) is 15.1. The van der Waals surface area contributed by atoms with Crippen molar-refractivity contribution in [1.29, 1.82) is 0 Å². The number of hydrogen-bond donors (Lipinski definition) is 2. The van der Waals surface area contributed by atoms with E-state index in [0.29, 0.717) is 25.5 Å². The van der Waals surface area contributed by atoms with Crippen molar-refractivity contribution in [3.05, 3.63) is 52.4 Å². The smallest absolute Gasteiger partial charge is 0.361 e. The lowest BCUT2D eigenvalue weighted by molar-refractivity contribution is -0.137. The first kappa shape index (κ1) is 19.8. The molecular formula is C18H23F3N4O. The zero-order valence-corrected chi connectivity index (χ0v) is 15.1. The van der Waals surface area contributed by atoms with Crippen molar-refractivity contribution in [2.24, 2.45) is 4.99 Å². The van der Waals surface area contributed by atoms with Crippen LogP contribution in [-0.4, -0.2) is 31.3 Å². The van der Waals surface area contributed by atoms with Gasteiger partial charge in [0.1, 0.15) is 5.76 Å². The van der Waals surface area contributed by atoms with E-state index in [2.05, 4.69) is 20.8 Å². The predicted octanol–water partition coefficient (Wildman–Crippen LogP) is 3.26. The number of hydrogen-bond acceptors (Lipinski definition) is 3. The average molecular weight is 368 g/mol. The summed E-state index contributed by atoms with van der Waals surface area (Å²) in [5.41, 5.74) is 2.16. The van der Waals surface area contributed by atoms with Gasteiger partial charge < -0.3 is 15.2 Å². The number of alkyl halides is 3. The molecule has 0 unspecified atom stereocenters. The highest BCUT2D eigenvalue weighted by Gasteiger charge is 2.29. The van der Waals surface area contributed by atoms with Crippen molar-refractivity contribution < 1.29 is 17.7 Å². The first-order valence-corrected chi connectivity index (χ1v) is 8.33. The highest BCUT2D eigenvalue weighted by Crippen LogP contribution is 2.29. The summed E-state index contributed by atoms with van der Waals surface area (Å²) in [7, 11) is 1.67. The molecule has 2 aromatic rings. The van der Waals surface area contributed by atoms with Crippen LogP contribution in [0.3, 0.4) is 0 Å². The van der Waals surface area contributed by atoms with Crippen LogP contribution in [0.5, 0.6) is 0 Å². The lowest BCUT2D eigenvalue weighted by Crippen LogP contribution is -2.39. The molecule has 5 nitrogen and oxygen atoms in total. The average Bonchev–Trinajstić information content (AvgIpc) is 2.92. The van der Waals surface area contributed by atoms with Gasteiger partial charge in [0, 0.05) is 25.7 Å². The molecule has 0 spiro atoms. The summed E-state index contributed by atoms with van der Waals surface area (Å²) in [4.78, 5) is 4.14. The third kappa shape index (κ3) is 5.50. The predicted molar refractivity (Wildman–Crippen MR) is 94.2 cm³/mol. The Morgan fingerprint density at radius 1 is 1.08 bits per heavy atom. The SMILES string of the molecule is CN=C(NCCc1ccc(C(F)(F)F)cc1)NCCc1c(C)noc1C. The molecule has 0 aliphatic carbocycles. The number of guanidine groups is 1. The highest BCUT2D eigenvalue weighted by molar-refractivity contribution is 5.79. The second kappa shape index (κ2) is 8.73. The van der Waals surface area contributed by atoms with Crippen LogP contribution in [0.2, 0.25) is 0 Å². The Morgan fingerprint density at radius 2 is 1.69 bits per heavy atom. The third-order valence-electron chi connectivity index (χ3n) is 4.06. The Morgan fingerprint density at radius 3 is 2.19 bits per heavy atom. The van der Waals surface area contributed by atoms with Gasteiger partial charge in [-0.2, -0.15) is 13.2 Å². The molecule has 1 heterocycles. The normalized spacial score (nSPS) is 12.3. The number of nitrogens with one attached hydrogen (secondary N) is 2. The van der Waals surface area contributed by atoms with E-state index in [9.17, 15) is 13.2 Å². The second-order valence-corrected chi connectivity index (χ2v) is 5.92. The Bertz CT molecular complexity index is 716. The maximum atomic E-state index is 12.5. The van der Waals surface area contributed by atoms with E-state index < -0.39 is 11.7 Å². The molecule has 2 rings (SSSR count). The minimum atomic E-state index is -4.30. The highest BCUT2D eigenvalue weighted by atomic mass is 19.4. The van der Waals surface area contributed by atoms with Gasteiger partial charge in [0.2, 0.25) is 0 Å². The molecule has 26 heavy (non-hydrogen) atoms. The summed E-state index contributed by atoms with van der Waals surface area (Å²) in [6.45, 7) is 5.02. The standard InChI is InChI=1S/C18H23F3N4O/c1-12-16(13(2)26-25-12)9-11-24-17(22-3)23-10-8-14-4-6-15(7-5-14)18(19,20)21/h4-7H,8-11H2,1-3H3,(H2,22,23,24). The largest absolute Gasteiger partial charge is 0.416 e. The molecule has 0 atom stereocenters. The Kier molecular flexibility index (Phi) is 6.65. The van der Waals surface area contributed by atoms with E-state index in [4.69, 9.17) is 4.52 Å². The number of benzene rings is 1. The van der Waals surface area contributed by atoms with Gasteiger partial charge in [0.15, 0.2) is 5.96 Å². The number of aryl methyl sites for hydroxylation is 2. The van der Waals surface area contributed by atoms with Crippen molar-refractivity contribution in [2.75, 3.05) is 20.1 Å². The number of nitrogens with zero attached hydrogens (tertiary/aromatic N) is 2. The lowest BCUT2D eigenvalue weighted by atomic mass is 10.1. The van der Waals surface area contributed by atoms with E-state index in [1.165, 1.54) is 12.1 Å². The van der Waals surface area contributed by atoms with Gasteiger partial charge in [-0.05, 0) is 44.4 Å². The molecule has 1 aromatic heterocycles. The topological polar surface area (TPSA) is 62.5 Å². The molecule has 0 bridgehead atoms. The summed E-state index contributed by atoms with van der Waals surface area (Å²) in [5, 5.41) is 10.3. The van der Waals surface area contributed by atoms with Gasteiger partial charge in [-0.25, -0.2) is 0 Å². The summed E-state index contributed by atoms with van der Waals surface area (Å²) in [6, 6.07) is 5.20. The van der Waals surface area contributed by atoms with Crippen LogP contribution in [0.1, 0.15) is 28.1 Å². The van der Waals surface area contributed by atoms with Gasteiger partial charge in [-0.3, -0.25) is 4.99 Å². The van der Waals surface area contributed by atoms with Crippen LogP contribution in [-0.2, 0) is 19.0 Å². The number of rotatable bonds is 6. The minimum Gasteiger partial charge on any atom is -0.361 e. The van der Waals surface area contributed by atoms with Crippen LogP contribution in [0, 0.1) is 13.8 Å². The van der Waals surface area contributed by atoms with Crippen molar-refractivity contribution in [3.8, 4) is 0 Å². The maximum absolute atomic E-state index is 12.5. The molecular weight excluding hydrogens is 345 g/mol. The Balaban J connectivity index is 1.75. The molecule has 0 aliphatic rings. The van der Waals surface area contributed by atoms with E-state index in [1.54, 1.807) is 7.05 Å². The molecule has 0 aliphatic heterocycles. The Hall–Kier alpha value is -2.51. The molecule has 2 N–H and O–H groups in total. The number of halogens is 3. The molecule has 142 valence electrons. The van der Waals surface area contributed by atoms with Gasteiger partial charge >= 0.3 is 6.18 Å². The Labute approximate surface area is 150 Å². The van der Waals surface area contributed by atoms with Crippen molar-refractivity contribution in [3.63, 3.8) is 0 Å². The number of aliphatic imine (C=N–C) groups is 1. The molecule has 0 fully saturated rings. The van der Waals surface area contributed by atoms with E-state index in [0.717, 1.165) is 41.1 Å². The second-order valence-electron chi connectivity index (χ2n) is 5.92. The summed E-state index contributed by atoms with van der Waals surface area (Å²) >= 11 is 0. The third-order valence-corrected chi connectivity index (χ3v) is 4.06. The van der Waals surface area contributed by atoms with E-state index in [1.807, 2.05) is 13.8 Å². The van der Waals surface area contributed by atoms with Gasteiger partial charge in [0.05, 0.1) is 11.3 Å². The van der Waals surface area contributed by atoms with Crippen molar-refractivity contribution >= 4 is 5.96 Å². The van der Waals surface area contributed by atoms with Crippen LogP contribution < -0.4 is 10.6 Å².